The third-order valence-electron chi connectivity index (χ3n) is 5.03. The van der Waals surface area contributed by atoms with Crippen molar-refractivity contribution in [1.82, 2.24) is 4.90 Å². The molecule has 88 valence electrons. The highest BCUT2D eigenvalue weighted by molar-refractivity contribution is 5.06. The summed E-state index contributed by atoms with van der Waals surface area (Å²) in [6.45, 7) is 10.1. The van der Waals surface area contributed by atoms with Crippen LogP contribution in [0.1, 0.15) is 65.7 Å². The molecule has 1 nitrogen and oxygen atoms in total. The largest absolute Gasteiger partial charge is 0.297 e. The van der Waals surface area contributed by atoms with Gasteiger partial charge in [-0.15, -0.1) is 0 Å². The second kappa shape index (κ2) is 4.08. The first-order valence-corrected chi connectivity index (χ1v) is 6.87. The zero-order valence-electron chi connectivity index (χ0n) is 10.8. The smallest absolute Gasteiger partial charge is 0.0261 e. The van der Waals surface area contributed by atoms with Gasteiger partial charge >= 0.3 is 0 Å². The maximum absolute atomic E-state index is 2.83. The van der Waals surface area contributed by atoms with E-state index in [2.05, 4.69) is 25.7 Å². The van der Waals surface area contributed by atoms with E-state index in [0.29, 0.717) is 11.0 Å². The van der Waals surface area contributed by atoms with Crippen molar-refractivity contribution in [2.75, 3.05) is 13.1 Å². The average Bonchev–Trinajstić information content (AvgIpc) is 2.62. The highest BCUT2D eigenvalue weighted by Gasteiger charge is 2.51. The first-order valence-electron chi connectivity index (χ1n) is 6.87. The molecular weight excluding hydrogens is 182 g/mol. The molecule has 2 fully saturated rings. The zero-order chi connectivity index (χ0) is 10.9. The number of hydrogen-bond donors (Lipinski definition) is 0. The van der Waals surface area contributed by atoms with Gasteiger partial charge in [0, 0.05) is 5.54 Å². The van der Waals surface area contributed by atoms with Crippen LogP contribution in [-0.2, 0) is 0 Å². The van der Waals surface area contributed by atoms with Gasteiger partial charge < -0.3 is 0 Å². The maximum atomic E-state index is 2.83. The summed E-state index contributed by atoms with van der Waals surface area (Å²) in [7, 11) is 0. The van der Waals surface area contributed by atoms with Gasteiger partial charge in [0.05, 0.1) is 0 Å². The van der Waals surface area contributed by atoms with Crippen LogP contribution in [0.3, 0.4) is 0 Å². The molecule has 2 heterocycles. The molecule has 15 heavy (non-hydrogen) atoms. The standard InChI is InChI=1S/C14H27N/c1-4-8-13(2,3)14-9-5-6-11-15(14)12-7-10-14/h4-12H2,1-3H3. The molecule has 2 aliphatic heterocycles. The van der Waals surface area contributed by atoms with Crippen molar-refractivity contribution in [2.24, 2.45) is 5.41 Å². The lowest BCUT2D eigenvalue weighted by Gasteiger charge is -2.53. The zero-order valence-corrected chi connectivity index (χ0v) is 10.8. The predicted molar refractivity (Wildman–Crippen MR) is 66.1 cm³/mol. The van der Waals surface area contributed by atoms with Crippen molar-refractivity contribution in [2.45, 2.75) is 71.3 Å². The Kier molecular flexibility index (Phi) is 3.12. The molecule has 0 aromatic rings. The summed E-state index contributed by atoms with van der Waals surface area (Å²) in [5.41, 5.74) is 1.10. The summed E-state index contributed by atoms with van der Waals surface area (Å²) in [6.07, 6.45) is 9.98. The molecule has 1 heteroatoms. The Balaban J connectivity index is 2.21. The van der Waals surface area contributed by atoms with Crippen LogP contribution in [0.15, 0.2) is 0 Å². The van der Waals surface area contributed by atoms with Crippen LogP contribution in [-0.4, -0.2) is 23.5 Å². The number of hydrogen-bond acceptors (Lipinski definition) is 1. The van der Waals surface area contributed by atoms with E-state index in [1.807, 2.05) is 0 Å². The normalized spacial score (nSPS) is 33.0. The van der Waals surface area contributed by atoms with Gasteiger partial charge in [0.1, 0.15) is 0 Å². The Bertz CT molecular complexity index is 221. The minimum atomic E-state index is 0.526. The van der Waals surface area contributed by atoms with E-state index in [-0.39, 0.29) is 0 Å². The van der Waals surface area contributed by atoms with E-state index in [1.165, 1.54) is 58.0 Å². The Morgan fingerprint density at radius 2 is 1.73 bits per heavy atom. The van der Waals surface area contributed by atoms with Crippen molar-refractivity contribution in [3.05, 3.63) is 0 Å². The van der Waals surface area contributed by atoms with E-state index >= 15 is 0 Å². The molecule has 0 amide bonds. The Morgan fingerprint density at radius 3 is 2.47 bits per heavy atom. The van der Waals surface area contributed by atoms with Crippen LogP contribution in [0.5, 0.6) is 0 Å². The highest BCUT2D eigenvalue weighted by atomic mass is 15.2. The van der Waals surface area contributed by atoms with Crippen molar-refractivity contribution < 1.29 is 0 Å². The third-order valence-corrected chi connectivity index (χ3v) is 5.03. The molecule has 1 atom stereocenters. The first kappa shape index (κ1) is 11.4. The van der Waals surface area contributed by atoms with Crippen LogP contribution in [0, 0.1) is 5.41 Å². The molecule has 0 radical (unpaired) electrons. The van der Waals surface area contributed by atoms with Crippen LogP contribution in [0.4, 0.5) is 0 Å². The molecule has 0 aromatic heterocycles. The first-order chi connectivity index (χ1) is 7.12. The molecule has 0 spiro atoms. The van der Waals surface area contributed by atoms with Crippen LogP contribution >= 0.6 is 0 Å². The lowest BCUT2D eigenvalue weighted by molar-refractivity contribution is -0.0207. The van der Waals surface area contributed by atoms with Gasteiger partial charge in [-0.1, -0.05) is 33.6 Å². The summed E-state index contributed by atoms with van der Waals surface area (Å²) in [4.78, 5) is 2.83. The van der Waals surface area contributed by atoms with Crippen LogP contribution in [0.2, 0.25) is 0 Å². The summed E-state index contributed by atoms with van der Waals surface area (Å²) in [5.74, 6) is 0. The second-order valence-electron chi connectivity index (χ2n) is 6.21. The lowest BCUT2D eigenvalue weighted by atomic mass is 9.64. The number of fused-ring (bicyclic) bond motifs is 1. The van der Waals surface area contributed by atoms with Crippen molar-refractivity contribution in [3.8, 4) is 0 Å². The minimum absolute atomic E-state index is 0.526. The van der Waals surface area contributed by atoms with Crippen LogP contribution in [0.25, 0.3) is 0 Å². The SMILES string of the molecule is CCCC(C)(C)C12CCCCN1CCC2. The maximum Gasteiger partial charge on any atom is 0.0261 e. The van der Waals surface area contributed by atoms with Crippen molar-refractivity contribution in [1.29, 1.82) is 0 Å². The molecule has 0 bridgehead atoms. The van der Waals surface area contributed by atoms with Gasteiger partial charge in [-0.25, -0.2) is 0 Å². The average molecular weight is 209 g/mol. The Hall–Kier alpha value is -0.0400. The number of rotatable bonds is 3. The molecular formula is C14H27N. The molecule has 0 saturated carbocycles. The summed E-state index contributed by atoms with van der Waals surface area (Å²) in [5, 5.41) is 0. The fourth-order valence-electron chi connectivity index (χ4n) is 4.23. The number of nitrogens with zero attached hydrogens (tertiary/aromatic N) is 1. The van der Waals surface area contributed by atoms with Crippen molar-refractivity contribution in [3.63, 3.8) is 0 Å². The fraction of sp³-hybridized carbons (Fsp3) is 1.00. The highest BCUT2D eigenvalue weighted by Crippen LogP contribution is 2.51. The van der Waals surface area contributed by atoms with Gasteiger partial charge in [-0.05, 0) is 50.6 Å². The molecule has 2 aliphatic rings. The fourth-order valence-corrected chi connectivity index (χ4v) is 4.23. The van der Waals surface area contributed by atoms with Gasteiger partial charge in [-0.3, -0.25) is 4.90 Å². The van der Waals surface area contributed by atoms with Gasteiger partial charge in [0.2, 0.25) is 0 Å². The molecule has 2 rings (SSSR count). The summed E-state index contributed by atoms with van der Waals surface area (Å²) in [6, 6.07) is 0. The van der Waals surface area contributed by atoms with Gasteiger partial charge in [0.25, 0.3) is 0 Å². The summed E-state index contributed by atoms with van der Waals surface area (Å²) >= 11 is 0. The van der Waals surface area contributed by atoms with E-state index in [0.717, 1.165) is 0 Å². The third kappa shape index (κ3) is 1.73. The lowest BCUT2D eigenvalue weighted by Crippen LogP contribution is -2.56. The Morgan fingerprint density at radius 1 is 1.07 bits per heavy atom. The summed E-state index contributed by atoms with van der Waals surface area (Å²) < 4.78 is 0. The number of piperidine rings is 1. The Labute approximate surface area is 95.2 Å². The minimum Gasteiger partial charge on any atom is -0.297 e. The molecule has 0 N–H and O–H groups in total. The van der Waals surface area contributed by atoms with E-state index < -0.39 is 0 Å². The van der Waals surface area contributed by atoms with E-state index in [9.17, 15) is 0 Å². The topological polar surface area (TPSA) is 3.24 Å². The van der Waals surface area contributed by atoms with Gasteiger partial charge in [-0.2, -0.15) is 0 Å². The molecule has 0 aliphatic carbocycles. The van der Waals surface area contributed by atoms with Gasteiger partial charge in [0.15, 0.2) is 0 Å². The molecule has 1 unspecified atom stereocenters. The monoisotopic (exact) mass is 209 g/mol. The van der Waals surface area contributed by atoms with Crippen molar-refractivity contribution >= 4 is 0 Å². The molecule has 0 aromatic carbocycles. The predicted octanol–water partition coefficient (Wildman–Crippen LogP) is 3.83. The second-order valence-corrected chi connectivity index (χ2v) is 6.21. The molecule has 2 saturated heterocycles. The van der Waals surface area contributed by atoms with E-state index in [4.69, 9.17) is 0 Å². The quantitative estimate of drug-likeness (QED) is 0.683. The van der Waals surface area contributed by atoms with Crippen LogP contribution < -0.4 is 0 Å². The van der Waals surface area contributed by atoms with E-state index in [1.54, 1.807) is 0 Å².